The summed E-state index contributed by atoms with van der Waals surface area (Å²) in [5.41, 5.74) is 2.69. The molecule has 0 unspecified atom stereocenters. The molecule has 0 spiro atoms. The number of amides is 1. The number of nitrogens with zero attached hydrogens (tertiary/aromatic N) is 1. The number of hydrogen-bond acceptors (Lipinski definition) is 3. The van der Waals surface area contributed by atoms with E-state index in [-0.39, 0.29) is 5.91 Å². The van der Waals surface area contributed by atoms with E-state index in [1.807, 2.05) is 41.8 Å². The SMILES string of the molecule is C#CCNc1cccc(C(=O)N2CCSCC2)c1C. The van der Waals surface area contributed by atoms with Crippen molar-refractivity contribution < 1.29 is 4.79 Å². The number of thioether (sulfide) groups is 1. The fourth-order valence-electron chi connectivity index (χ4n) is 2.14. The van der Waals surface area contributed by atoms with E-state index in [9.17, 15) is 4.79 Å². The molecule has 1 aliphatic rings. The number of carbonyl (C=O) groups excluding carboxylic acids is 1. The van der Waals surface area contributed by atoms with Crippen molar-refractivity contribution in [2.45, 2.75) is 6.92 Å². The van der Waals surface area contributed by atoms with Crippen LogP contribution in [0.25, 0.3) is 0 Å². The van der Waals surface area contributed by atoms with Crippen molar-refractivity contribution in [1.29, 1.82) is 0 Å². The lowest BCUT2D eigenvalue weighted by atomic mass is 10.1. The van der Waals surface area contributed by atoms with Crippen molar-refractivity contribution in [2.24, 2.45) is 0 Å². The maximum absolute atomic E-state index is 12.5. The van der Waals surface area contributed by atoms with Crippen LogP contribution in [0.2, 0.25) is 0 Å². The molecule has 2 rings (SSSR count). The Labute approximate surface area is 118 Å². The minimum Gasteiger partial charge on any atom is -0.374 e. The third kappa shape index (κ3) is 3.24. The van der Waals surface area contributed by atoms with E-state index >= 15 is 0 Å². The van der Waals surface area contributed by atoms with E-state index in [4.69, 9.17) is 6.42 Å². The summed E-state index contributed by atoms with van der Waals surface area (Å²) in [7, 11) is 0. The molecule has 19 heavy (non-hydrogen) atoms. The molecule has 1 heterocycles. The van der Waals surface area contributed by atoms with Gasteiger partial charge < -0.3 is 10.2 Å². The summed E-state index contributed by atoms with van der Waals surface area (Å²) in [4.78, 5) is 14.4. The third-order valence-electron chi connectivity index (χ3n) is 3.24. The van der Waals surface area contributed by atoms with Gasteiger partial charge in [-0.1, -0.05) is 12.0 Å². The Balaban J connectivity index is 2.19. The second-order valence-electron chi connectivity index (χ2n) is 4.44. The van der Waals surface area contributed by atoms with Gasteiger partial charge in [-0.15, -0.1) is 6.42 Å². The number of nitrogens with one attached hydrogen (secondary N) is 1. The standard InChI is InChI=1S/C15H18N2OS/c1-3-7-16-14-6-4-5-13(12(14)2)15(18)17-8-10-19-11-9-17/h1,4-6,16H,7-11H2,2H3. The van der Waals surface area contributed by atoms with E-state index in [0.717, 1.165) is 41.4 Å². The number of terminal acetylenes is 1. The molecule has 0 atom stereocenters. The van der Waals surface area contributed by atoms with E-state index < -0.39 is 0 Å². The van der Waals surface area contributed by atoms with E-state index in [0.29, 0.717) is 6.54 Å². The highest BCUT2D eigenvalue weighted by atomic mass is 32.2. The topological polar surface area (TPSA) is 32.3 Å². The second-order valence-corrected chi connectivity index (χ2v) is 5.67. The van der Waals surface area contributed by atoms with Gasteiger partial charge in [0.15, 0.2) is 0 Å². The van der Waals surface area contributed by atoms with Crippen LogP contribution in [0.4, 0.5) is 5.69 Å². The first kappa shape index (κ1) is 13.8. The Morgan fingerprint density at radius 1 is 1.47 bits per heavy atom. The normalized spacial score (nSPS) is 14.8. The van der Waals surface area contributed by atoms with Gasteiger partial charge in [0.25, 0.3) is 5.91 Å². The molecule has 100 valence electrons. The van der Waals surface area contributed by atoms with Gasteiger partial charge >= 0.3 is 0 Å². The molecule has 1 amide bonds. The van der Waals surface area contributed by atoms with E-state index in [1.165, 1.54) is 0 Å². The van der Waals surface area contributed by atoms with Crippen LogP contribution in [0, 0.1) is 19.3 Å². The van der Waals surface area contributed by atoms with Crippen molar-refractivity contribution in [3.63, 3.8) is 0 Å². The zero-order valence-electron chi connectivity index (χ0n) is 11.1. The minimum atomic E-state index is 0.127. The Bertz CT molecular complexity index is 501. The Morgan fingerprint density at radius 3 is 2.89 bits per heavy atom. The smallest absolute Gasteiger partial charge is 0.254 e. The maximum Gasteiger partial charge on any atom is 0.254 e. The first-order chi connectivity index (χ1) is 9.24. The largest absolute Gasteiger partial charge is 0.374 e. The van der Waals surface area contributed by atoms with Gasteiger partial charge in [0.1, 0.15) is 0 Å². The van der Waals surface area contributed by atoms with Crippen molar-refractivity contribution >= 4 is 23.4 Å². The van der Waals surface area contributed by atoms with Gasteiger partial charge in [-0.3, -0.25) is 4.79 Å². The molecule has 1 aromatic carbocycles. The molecule has 0 aromatic heterocycles. The molecular weight excluding hydrogens is 256 g/mol. The van der Waals surface area contributed by atoms with Crippen molar-refractivity contribution in [2.75, 3.05) is 36.5 Å². The van der Waals surface area contributed by atoms with Gasteiger partial charge in [-0.05, 0) is 24.6 Å². The quantitative estimate of drug-likeness (QED) is 0.858. The van der Waals surface area contributed by atoms with Crippen LogP contribution in [-0.4, -0.2) is 41.9 Å². The van der Waals surface area contributed by atoms with E-state index in [1.54, 1.807) is 0 Å². The van der Waals surface area contributed by atoms with E-state index in [2.05, 4.69) is 11.2 Å². The molecule has 1 fully saturated rings. The fourth-order valence-corrected chi connectivity index (χ4v) is 3.04. The molecule has 0 aliphatic carbocycles. The molecule has 1 N–H and O–H groups in total. The van der Waals surface area contributed by atoms with Crippen molar-refractivity contribution in [1.82, 2.24) is 4.90 Å². The average molecular weight is 274 g/mol. The van der Waals surface area contributed by atoms with Gasteiger partial charge in [0.2, 0.25) is 0 Å². The Hall–Kier alpha value is -1.60. The molecule has 1 aliphatic heterocycles. The monoisotopic (exact) mass is 274 g/mol. The highest BCUT2D eigenvalue weighted by molar-refractivity contribution is 7.99. The molecule has 4 heteroatoms. The average Bonchev–Trinajstić information content (AvgIpc) is 2.46. The van der Waals surface area contributed by atoms with Gasteiger partial charge in [-0.2, -0.15) is 11.8 Å². The minimum absolute atomic E-state index is 0.127. The predicted molar refractivity (Wildman–Crippen MR) is 81.7 cm³/mol. The van der Waals surface area contributed by atoms with Crippen LogP contribution in [0.15, 0.2) is 18.2 Å². The summed E-state index contributed by atoms with van der Waals surface area (Å²) in [6, 6.07) is 5.74. The second kappa shape index (κ2) is 6.53. The molecule has 3 nitrogen and oxygen atoms in total. The fraction of sp³-hybridized carbons (Fsp3) is 0.400. The third-order valence-corrected chi connectivity index (χ3v) is 4.19. The first-order valence-corrected chi connectivity index (χ1v) is 7.53. The molecular formula is C15H18N2OS. The summed E-state index contributed by atoms with van der Waals surface area (Å²) < 4.78 is 0. The van der Waals surface area contributed by atoms with Crippen LogP contribution >= 0.6 is 11.8 Å². The summed E-state index contributed by atoms with van der Waals surface area (Å²) in [6.07, 6.45) is 5.25. The van der Waals surface area contributed by atoms with Gasteiger partial charge in [-0.25, -0.2) is 0 Å². The molecule has 1 aromatic rings. The lowest BCUT2D eigenvalue weighted by molar-refractivity contribution is 0.0771. The molecule has 0 saturated carbocycles. The summed E-state index contributed by atoms with van der Waals surface area (Å²) in [5.74, 6) is 4.73. The van der Waals surface area contributed by atoms with Crippen LogP contribution in [0.3, 0.4) is 0 Å². The highest BCUT2D eigenvalue weighted by Crippen LogP contribution is 2.21. The molecule has 1 saturated heterocycles. The number of hydrogen-bond donors (Lipinski definition) is 1. The predicted octanol–water partition coefficient (Wildman–Crippen LogP) is 2.23. The summed E-state index contributed by atoms with van der Waals surface area (Å²) in [5, 5.41) is 3.15. The molecule has 0 bridgehead atoms. The van der Waals surface area contributed by atoms with Crippen LogP contribution in [0.5, 0.6) is 0 Å². The van der Waals surface area contributed by atoms with Crippen LogP contribution < -0.4 is 5.32 Å². The van der Waals surface area contributed by atoms with Crippen molar-refractivity contribution in [3.8, 4) is 12.3 Å². The number of rotatable bonds is 3. The number of benzene rings is 1. The summed E-state index contributed by atoms with van der Waals surface area (Å²) >= 11 is 1.90. The zero-order valence-corrected chi connectivity index (χ0v) is 11.9. The van der Waals surface area contributed by atoms with Crippen molar-refractivity contribution in [3.05, 3.63) is 29.3 Å². The number of anilines is 1. The van der Waals surface area contributed by atoms with Gasteiger partial charge in [0.05, 0.1) is 6.54 Å². The van der Waals surface area contributed by atoms with Crippen LogP contribution in [0.1, 0.15) is 15.9 Å². The first-order valence-electron chi connectivity index (χ1n) is 6.38. The summed E-state index contributed by atoms with van der Waals surface area (Å²) in [6.45, 7) is 4.11. The highest BCUT2D eigenvalue weighted by Gasteiger charge is 2.20. The maximum atomic E-state index is 12.5. The zero-order chi connectivity index (χ0) is 13.7. The lowest BCUT2D eigenvalue weighted by Crippen LogP contribution is -2.38. The Morgan fingerprint density at radius 2 is 2.21 bits per heavy atom. The number of carbonyl (C=O) groups is 1. The van der Waals surface area contributed by atoms with Gasteiger partial charge in [0, 0.05) is 35.8 Å². The lowest BCUT2D eigenvalue weighted by Gasteiger charge is -2.27. The molecule has 0 radical (unpaired) electrons. The Kier molecular flexibility index (Phi) is 4.75. The van der Waals surface area contributed by atoms with Crippen LogP contribution in [-0.2, 0) is 0 Å².